The summed E-state index contributed by atoms with van der Waals surface area (Å²) >= 11 is 0. The average molecular weight is 295 g/mol. The minimum atomic E-state index is -4.49. The minimum absolute atomic E-state index is 0.167. The number of hydrogen-bond donors (Lipinski definition) is 2. The Morgan fingerprint density at radius 3 is 2.43 bits per heavy atom. The molecule has 1 heterocycles. The summed E-state index contributed by atoms with van der Waals surface area (Å²) in [5, 5.41) is 2.89. The molecule has 0 atom stereocenters. The van der Waals surface area contributed by atoms with Gasteiger partial charge in [-0.05, 0) is 30.2 Å². The van der Waals surface area contributed by atoms with Gasteiger partial charge in [0.15, 0.2) is 0 Å². The van der Waals surface area contributed by atoms with E-state index in [4.69, 9.17) is 5.73 Å². The smallest absolute Gasteiger partial charge is 0.396 e. The highest BCUT2D eigenvalue weighted by Crippen LogP contribution is 2.32. The Labute approximate surface area is 121 Å². The van der Waals surface area contributed by atoms with Crippen molar-refractivity contribution in [1.29, 1.82) is 0 Å². The molecule has 21 heavy (non-hydrogen) atoms. The Kier molecular flexibility index (Phi) is 4.35. The molecule has 0 radical (unpaired) electrons. The summed E-state index contributed by atoms with van der Waals surface area (Å²) in [5.41, 5.74) is 6.92. The summed E-state index contributed by atoms with van der Waals surface area (Å²) in [6, 6.07) is 8.42. The number of hydrogen-bond acceptors (Lipinski definition) is 3. The van der Waals surface area contributed by atoms with Crippen molar-refractivity contribution in [3.63, 3.8) is 0 Å². The second-order valence-electron chi connectivity index (χ2n) is 4.73. The number of halogens is 3. The number of nitrogens with one attached hydrogen (secondary N) is 1. The Balaban J connectivity index is 2.22. The van der Waals surface area contributed by atoms with Crippen LogP contribution in [0.2, 0.25) is 0 Å². The van der Waals surface area contributed by atoms with Crippen LogP contribution in [0, 0.1) is 0 Å². The SMILES string of the molecule is CCCc1ccc(Nc2cc(C(F)(F)F)ncc2N)cc1. The van der Waals surface area contributed by atoms with Gasteiger partial charge < -0.3 is 11.1 Å². The average Bonchev–Trinajstić information content (AvgIpc) is 2.42. The van der Waals surface area contributed by atoms with Gasteiger partial charge in [-0.25, -0.2) is 4.98 Å². The van der Waals surface area contributed by atoms with Crippen LogP contribution in [0.4, 0.5) is 30.2 Å². The summed E-state index contributed by atoms with van der Waals surface area (Å²) in [5.74, 6) is 0. The van der Waals surface area contributed by atoms with Crippen molar-refractivity contribution < 1.29 is 13.2 Å². The van der Waals surface area contributed by atoms with E-state index in [9.17, 15) is 13.2 Å². The highest BCUT2D eigenvalue weighted by atomic mass is 19.4. The molecular weight excluding hydrogens is 279 g/mol. The Bertz CT molecular complexity index is 607. The molecule has 1 aromatic carbocycles. The molecule has 0 spiro atoms. The van der Waals surface area contributed by atoms with Crippen molar-refractivity contribution >= 4 is 17.1 Å². The maximum atomic E-state index is 12.6. The predicted molar refractivity (Wildman–Crippen MR) is 77.4 cm³/mol. The summed E-state index contributed by atoms with van der Waals surface area (Å²) < 4.78 is 37.9. The Morgan fingerprint density at radius 1 is 1.19 bits per heavy atom. The first-order valence-electron chi connectivity index (χ1n) is 6.59. The molecule has 3 N–H and O–H groups in total. The number of nitrogens with two attached hydrogens (primary N) is 1. The fraction of sp³-hybridized carbons (Fsp3) is 0.267. The lowest BCUT2D eigenvalue weighted by molar-refractivity contribution is -0.141. The first-order chi connectivity index (χ1) is 9.90. The number of aryl methyl sites for hydroxylation is 1. The summed E-state index contributed by atoms with van der Waals surface area (Å²) in [4.78, 5) is 3.30. The van der Waals surface area contributed by atoms with Crippen LogP contribution < -0.4 is 11.1 Å². The number of alkyl halides is 3. The van der Waals surface area contributed by atoms with Crippen LogP contribution in [0.15, 0.2) is 36.5 Å². The van der Waals surface area contributed by atoms with Crippen LogP contribution in [-0.4, -0.2) is 4.98 Å². The van der Waals surface area contributed by atoms with Gasteiger partial charge >= 0.3 is 6.18 Å². The fourth-order valence-electron chi connectivity index (χ4n) is 1.93. The van der Waals surface area contributed by atoms with Crippen molar-refractivity contribution in [2.45, 2.75) is 25.9 Å². The van der Waals surface area contributed by atoms with Crippen molar-refractivity contribution in [1.82, 2.24) is 4.98 Å². The standard InChI is InChI=1S/C15H16F3N3/c1-2-3-10-4-6-11(7-5-10)21-13-8-14(15(16,17)18)20-9-12(13)19/h4-9H,2-3,19H2,1H3,(H,20,21). The molecule has 0 aliphatic carbocycles. The number of rotatable bonds is 4. The second kappa shape index (κ2) is 6.03. The van der Waals surface area contributed by atoms with E-state index in [0.29, 0.717) is 5.69 Å². The molecular formula is C15H16F3N3. The van der Waals surface area contributed by atoms with Crippen LogP contribution in [0.1, 0.15) is 24.6 Å². The minimum Gasteiger partial charge on any atom is -0.396 e. The molecule has 6 heteroatoms. The molecule has 0 unspecified atom stereocenters. The number of anilines is 3. The Morgan fingerprint density at radius 2 is 1.86 bits per heavy atom. The number of benzene rings is 1. The number of nitrogens with zero attached hydrogens (tertiary/aromatic N) is 1. The third-order valence-corrected chi connectivity index (χ3v) is 3.00. The van der Waals surface area contributed by atoms with Gasteiger partial charge in [-0.15, -0.1) is 0 Å². The largest absolute Gasteiger partial charge is 0.433 e. The number of nitrogen functional groups attached to an aromatic ring is 1. The quantitative estimate of drug-likeness (QED) is 0.880. The van der Waals surface area contributed by atoms with E-state index in [1.807, 2.05) is 24.3 Å². The Hall–Kier alpha value is -2.24. The predicted octanol–water partition coefficient (Wildman–Crippen LogP) is 4.38. The van der Waals surface area contributed by atoms with Crippen LogP contribution in [0.5, 0.6) is 0 Å². The van der Waals surface area contributed by atoms with E-state index in [1.54, 1.807) is 0 Å². The van der Waals surface area contributed by atoms with E-state index in [2.05, 4.69) is 17.2 Å². The molecule has 1 aromatic heterocycles. The highest BCUT2D eigenvalue weighted by Gasteiger charge is 2.32. The second-order valence-corrected chi connectivity index (χ2v) is 4.73. The summed E-state index contributed by atoms with van der Waals surface area (Å²) in [7, 11) is 0. The zero-order valence-electron chi connectivity index (χ0n) is 11.5. The van der Waals surface area contributed by atoms with Crippen molar-refractivity contribution in [3.05, 3.63) is 47.8 Å². The van der Waals surface area contributed by atoms with E-state index in [0.717, 1.165) is 25.1 Å². The van der Waals surface area contributed by atoms with Crippen molar-refractivity contribution in [3.8, 4) is 0 Å². The lowest BCUT2D eigenvalue weighted by Crippen LogP contribution is -2.09. The van der Waals surface area contributed by atoms with Gasteiger partial charge in [0.1, 0.15) is 5.69 Å². The molecule has 0 fully saturated rings. The van der Waals surface area contributed by atoms with Gasteiger partial charge in [-0.3, -0.25) is 0 Å². The molecule has 2 aromatic rings. The molecule has 0 aliphatic rings. The first kappa shape index (κ1) is 15.2. The van der Waals surface area contributed by atoms with Gasteiger partial charge in [0, 0.05) is 5.69 Å². The molecule has 0 amide bonds. The molecule has 0 saturated carbocycles. The van der Waals surface area contributed by atoms with E-state index in [1.165, 1.54) is 5.56 Å². The molecule has 2 rings (SSSR count). The molecule has 3 nitrogen and oxygen atoms in total. The van der Waals surface area contributed by atoms with Gasteiger partial charge in [0.05, 0.1) is 17.6 Å². The molecule has 0 bridgehead atoms. The van der Waals surface area contributed by atoms with Crippen LogP contribution in [-0.2, 0) is 12.6 Å². The monoisotopic (exact) mass is 295 g/mol. The topological polar surface area (TPSA) is 50.9 Å². The van der Waals surface area contributed by atoms with Gasteiger partial charge in [-0.2, -0.15) is 13.2 Å². The lowest BCUT2D eigenvalue weighted by atomic mass is 10.1. The van der Waals surface area contributed by atoms with Crippen molar-refractivity contribution in [2.24, 2.45) is 0 Å². The highest BCUT2D eigenvalue weighted by molar-refractivity contribution is 5.72. The first-order valence-corrected chi connectivity index (χ1v) is 6.59. The summed E-state index contributed by atoms with van der Waals surface area (Å²) in [6.07, 6.45) is -1.47. The molecule has 0 saturated heterocycles. The molecule has 112 valence electrons. The van der Waals surface area contributed by atoms with E-state index >= 15 is 0 Å². The van der Waals surface area contributed by atoms with Gasteiger partial charge in [0.2, 0.25) is 0 Å². The maximum absolute atomic E-state index is 12.6. The third-order valence-electron chi connectivity index (χ3n) is 3.00. The zero-order valence-corrected chi connectivity index (χ0v) is 11.5. The van der Waals surface area contributed by atoms with Gasteiger partial charge in [-0.1, -0.05) is 25.5 Å². The summed E-state index contributed by atoms with van der Waals surface area (Å²) in [6.45, 7) is 2.09. The lowest BCUT2D eigenvalue weighted by Gasteiger charge is -2.12. The van der Waals surface area contributed by atoms with E-state index in [-0.39, 0.29) is 11.4 Å². The molecule has 0 aliphatic heterocycles. The zero-order chi connectivity index (χ0) is 15.5. The van der Waals surface area contributed by atoms with Crippen molar-refractivity contribution in [2.75, 3.05) is 11.1 Å². The number of aromatic nitrogens is 1. The maximum Gasteiger partial charge on any atom is 0.433 e. The third kappa shape index (κ3) is 3.87. The number of pyridine rings is 1. The fourth-order valence-corrected chi connectivity index (χ4v) is 1.93. The van der Waals surface area contributed by atoms with Gasteiger partial charge in [0.25, 0.3) is 0 Å². The normalized spacial score (nSPS) is 11.4. The van der Waals surface area contributed by atoms with Crippen LogP contribution in [0.3, 0.4) is 0 Å². The van der Waals surface area contributed by atoms with Crippen LogP contribution >= 0.6 is 0 Å². The van der Waals surface area contributed by atoms with E-state index < -0.39 is 11.9 Å². The van der Waals surface area contributed by atoms with Crippen LogP contribution in [0.25, 0.3) is 0 Å².